The van der Waals surface area contributed by atoms with Gasteiger partial charge in [-0.25, -0.2) is 4.98 Å². The Labute approximate surface area is 114 Å². The van der Waals surface area contributed by atoms with E-state index in [4.69, 9.17) is 0 Å². The van der Waals surface area contributed by atoms with E-state index in [9.17, 15) is 0 Å². The third kappa shape index (κ3) is 2.13. The number of rotatable bonds is 4. The highest BCUT2D eigenvalue weighted by Gasteiger charge is 2.12. The van der Waals surface area contributed by atoms with Gasteiger partial charge in [-0.3, -0.25) is 0 Å². The van der Waals surface area contributed by atoms with E-state index < -0.39 is 0 Å². The first-order valence-electron chi connectivity index (χ1n) is 6.00. The third-order valence-electron chi connectivity index (χ3n) is 2.99. The molecule has 3 aromatic heterocycles. The maximum absolute atomic E-state index is 4.48. The Balaban J connectivity index is 1.93. The molecule has 0 saturated heterocycles. The van der Waals surface area contributed by atoms with Gasteiger partial charge in [-0.2, -0.15) is 0 Å². The summed E-state index contributed by atoms with van der Waals surface area (Å²) in [5, 5.41) is 9.02. The highest BCUT2D eigenvalue weighted by atomic mass is 32.1. The van der Waals surface area contributed by atoms with E-state index in [0.29, 0.717) is 6.04 Å². The van der Waals surface area contributed by atoms with Crippen LogP contribution in [0.4, 0.5) is 5.82 Å². The van der Waals surface area contributed by atoms with Crippen LogP contribution in [-0.2, 0) is 0 Å². The van der Waals surface area contributed by atoms with E-state index in [1.54, 1.807) is 22.7 Å². The molecular formula is C14H14N2S2. The van der Waals surface area contributed by atoms with Gasteiger partial charge in [0.1, 0.15) is 5.82 Å². The van der Waals surface area contributed by atoms with Gasteiger partial charge in [-0.1, -0.05) is 13.0 Å². The molecule has 1 unspecified atom stereocenters. The lowest BCUT2D eigenvalue weighted by Crippen LogP contribution is -2.09. The van der Waals surface area contributed by atoms with Crippen molar-refractivity contribution in [3.05, 3.63) is 46.1 Å². The second-order valence-electron chi connectivity index (χ2n) is 4.11. The summed E-state index contributed by atoms with van der Waals surface area (Å²) in [6, 6.07) is 8.83. The summed E-state index contributed by atoms with van der Waals surface area (Å²) >= 11 is 3.55. The monoisotopic (exact) mass is 274 g/mol. The van der Waals surface area contributed by atoms with Crippen LogP contribution in [0.2, 0.25) is 0 Å². The number of hydrogen-bond acceptors (Lipinski definition) is 4. The Kier molecular flexibility index (Phi) is 3.30. The van der Waals surface area contributed by atoms with Crippen LogP contribution in [0.1, 0.15) is 24.3 Å². The number of nitrogens with zero attached hydrogens (tertiary/aromatic N) is 1. The summed E-state index contributed by atoms with van der Waals surface area (Å²) < 4.78 is 1.29. The molecule has 0 amide bonds. The molecule has 0 bridgehead atoms. The van der Waals surface area contributed by atoms with Gasteiger partial charge < -0.3 is 5.32 Å². The predicted octanol–water partition coefficient (Wildman–Crippen LogP) is 4.92. The van der Waals surface area contributed by atoms with Gasteiger partial charge in [0.25, 0.3) is 0 Å². The first-order valence-corrected chi connectivity index (χ1v) is 7.76. The standard InChI is InChI=1S/C14H14N2S2/c1-2-11(13-4-3-8-17-13)16-14-10-6-9-18-12(10)5-7-15-14/h3-9,11H,2H2,1H3,(H,15,16). The summed E-state index contributed by atoms with van der Waals surface area (Å²) in [6.07, 6.45) is 2.94. The number of fused-ring (bicyclic) bond motifs is 1. The predicted molar refractivity (Wildman–Crippen MR) is 80.6 cm³/mol. The van der Waals surface area contributed by atoms with Gasteiger partial charge in [-0.15, -0.1) is 22.7 Å². The fraction of sp³-hybridized carbons (Fsp3) is 0.214. The number of aromatic nitrogens is 1. The van der Waals surface area contributed by atoms with Gasteiger partial charge in [0.15, 0.2) is 0 Å². The molecule has 18 heavy (non-hydrogen) atoms. The zero-order valence-corrected chi connectivity index (χ0v) is 11.7. The summed E-state index contributed by atoms with van der Waals surface area (Å²) in [5.41, 5.74) is 0. The SMILES string of the molecule is CCC(Nc1nccc2sccc12)c1cccs1. The second kappa shape index (κ2) is 5.08. The molecule has 0 aliphatic carbocycles. The van der Waals surface area contributed by atoms with Crippen molar-refractivity contribution in [3.63, 3.8) is 0 Å². The molecule has 0 spiro atoms. The van der Waals surface area contributed by atoms with Crippen LogP contribution in [0.25, 0.3) is 10.1 Å². The molecule has 4 heteroatoms. The third-order valence-corrected chi connectivity index (χ3v) is 4.85. The minimum absolute atomic E-state index is 0.350. The lowest BCUT2D eigenvalue weighted by molar-refractivity contribution is 0.760. The smallest absolute Gasteiger partial charge is 0.135 e. The lowest BCUT2D eigenvalue weighted by atomic mass is 10.2. The first kappa shape index (κ1) is 11.7. The Bertz CT molecular complexity index is 628. The van der Waals surface area contributed by atoms with Crippen molar-refractivity contribution in [3.8, 4) is 0 Å². The summed E-state index contributed by atoms with van der Waals surface area (Å²) in [7, 11) is 0. The minimum atomic E-state index is 0.350. The van der Waals surface area contributed by atoms with E-state index in [2.05, 4.69) is 52.3 Å². The van der Waals surface area contributed by atoms with Gasteiger partial charge >= 0.3 is 0 Å². The van der Waals surface area contributed by atoms with Crippen molar-refractivity contribution in [2.24, 2.45) is 0 Å². The average molecular weight is 274 g/mol. The molecule has 3 rings (SSSR count). The average Bonchev–Trinajstić information content (AvgIpc) is 3.06. The van der Waals surface area contributed by atoms with Gasteiger partial charge in [-0.05, 0) is 35.4 Å². The normalized spacial score (nSPS) is 12.7. The summed E-state index contributed by atoms with van der Waals surface area (Å²) in [4.78, 5) is 5.84. The summed E-state index contributed by atoms with van der Waals surface area (Å²) in [6.45, 7) is 2.20. The zero-order chi connectivity index (χ0) is 12.4. The fourth-order valence-corrected chi connectivity index (χ4v) is 3.68. The molecule has 0 radical (unpaired) electrons. The van der Waals surface area contributed by atoms with Crippen LogP contribution < -0.4 is 5.32 Å². The Morgan fingerprint density at radius 1 is 1.22 bits per heavy atom. The van der Waals surface area contributed by atoms with Crippen LogP contribution >= 0.6 is 22.7 Å². The highest BCUT2D eigenvalue weighted by Crippen LogP contribution is 2.30. The number of pyridine rings is 1. The molecular weight excluding hydrogens is 260 g/mol. The minimum Gasteiger partial charge on any atom is -0.362 e. The van der Waals surface area contributed by atoms with Crippen LogP contribution in [0.3, 0.4) is 0 Å². The number of hydrogen-bond donors (Lipinski definition) is 1. The molecule has 0 fully saturated rings. The Hall–Kier alpha value is -1.39. The van der Waals surface area contributed by atoms with Gasteiger partial charge in [0.05, 0.1) is 6.04 Å². The maximum atomic E-state index is 4.48. The topological polar surface area (TPSA) is 24.9 Å². The molecule has 0 aromatic carbocycles. The van der Waals surface area contributed by atoms with E-state index >= 15 is 0 Å². The van der Waals surface area contributed by atoms with Gasteiger partial charge in [0.2, 0.25) is 0 Å². The molecule has 92 valence electrons. The second-order valence-corrected chi connectivity index (χ2v) is 6.04. The molecule has 0 aliphatic rings. The quantitative estimate of drug-likeness (QED) is 0.730. The van der Waals surface area contributed by atoms with Crippen LogP contribution in [0.5, 0.6) is 0 Å². The van der Waals surface area contributed by atoms with Crippen molar-refractivity contribution in [2.75, 3.05) is 5.32 Å². The fourth-order valence-electron chi connectivity index (χ4n) is 2.04. The van der Waals surface area contributed by atoms with E-state index in [1.165, 1.54) is 15.0 Å². The molecule has 0 aliphatic heterocycles. The zero-order valence-electron chi connectivity index (χ0n) is 10.1. The molecule has 3 aromatic rings. The lowest BCUT2D eigenvalue weighted by Gasteiger charge is -2.16. The van der Waals surface area contributed by atoms with Crippen molar-refractivity contribution in [2.45, 2.75) is 19.4 Å². The molecule has 3 heterocycles. The van der Waals surface area contributed by atoms with Crippen molar-refractivity contribution in [1.29, 1.82) is 0 Å². The van der Waals surface area contributed by atoms with E-state index in [0.717, 1.165) is 12.2 Å². The van der Waals surface area contributed by atoms with Crippen LogP contribution in [-0.4, -0.2) is 4.98 Å². The number of thiophene rings is 2. The van der Waals surface area contributed by atoms with Crippen molar-refractivity contribution in [1.82, 2.24) is 4.98 Å². The van der Waals surface area contributed by atoms with Crippen molar-refractivity contribution < 1.29 is 0 Å². The van der Waals surface area contributed by atoms with Crippen LogP contribution in [0.15, 0.2) is 41.2 Å². The van der Waals surface area contributed by atoms with E-state index in [1.807, 2.05) is 6.20 Å². The molecule has 1 atom stereocenters. The Morgan fingerprint density at radius 2 is 2.17 bits per heavy atom. The molecule has 1 N–H and O–H groups in total. The molecule has 2 nitrogen and oxygen atoms in total. The summed E-state index contributed by atoms with van der Waals surface area (Å²) in [5.74, 6) is 0.994. The highest BCUT2D eigenvalue weighted by molar-refractivity contribution is 7.17. The first-order chi connectivity index (χ1) is 8.88. The maximum Gasteiger partial charge on any atom is 0.135 e. The Morgan fingerprint density at radius 3 is 2.94 bits per heavy atom. The van der Waals surface area contributed by atoms with Crippen LogP contribution in [0, 0.1) is 0 Å². The van der Waals surface area contributed by atoms with Crippen molar-refractivity contribution >= 4 is 38.6 Å². The molecule has 0 saturated carbocycles. The largest absolute Gasteiger partial charge is 0.362 e. The number of nitrogens with one attached hydrogen (secondary N) is 1. The number of anilines is 1. The van der Waals surface area contributed by atoms with Gasteiger partial charge in [0, 0.05) is 21.2 Å². The van der Waals surface area contributed by atoms with E-state index in [-0.39, 0.29) is 0 Å².